The van der Waals surface area contributed by atoms with Gasteiger partial charge in [-0.15, -0.1) is 5.10 Å². The zero-order chi connectivity index (χ0) is 19.6. The predicted molar refractivity (Wildman–Crippen MR) is 104 cm³/mol. The fraction of sp³-hybridized carbons (Fsp3) is 0.350. The number of carbonyl (C=O) groups excluding carboxylic acids is 1. The van der Waals surface area contributed by atoms with Gasteiger partial charge in [-0.2, -0.15) is 0 Å². The van der Waals surface area contributed by atoms with E-state index in [1.54, 1.807) is 18.0 Å². The van der Waals surface area contributed by atoms with E-state index in [0.29, 0.717) is 38.5 Å². The number of amides is 1. The van der Waals surface area contributed by atoms with Crippen LogP contribution in [-0.4, -0.2) is 41.1 Å². The van der Waals surface area contributed by atoms with E-state index in [-0.39, 0.29) is 5.91 Å². The van der Waals surface area contributed by atoms with Crippen molar-refractivity contribution in [2.75, 3.05) is 20.2 Å². The van der Waals surface area contributed by atoms with Gasteiger partial charge < -0.3 is 19.8 Å². The molecule has 2 aromatic heterocycles. The van der Waals surface area contributed by atoms with E-state index in [0.717, 1.165) is 17.9 Å². The zero-order valence-corrected chi connectivity index (χ0v) is 15.9. The molecule has 0 aliphatic rings. The van der Waals surface area contributed by atoms with Crippen LogP contribution in [-0.2, 0) is 30.9 Å². The van der Waals surface area contributed by atoms with Crippen molar-refractivity contribution >= 4 is 5.91 Å². The lowest BCUT2D eigenvalue weighted by atomic mass is 10.1. The summed E-state index contributed by atoms with van der Waals surface area (Å²) in [5, 5.41) is 14.1. The van der Waals surface area contributed by atoms with Crippen LogP contribution in [0, 0.1) is 0 Å². The molecule has 0 radical (unpaired) electrons. The van der Waals surface area contributed by atoms with E-state index in [4.69, 9.17) is 9.15 Å². The third-order valence-corrected chi connectivity index (χ3v) is 4.13. The number of aromatic nitrogens is 3. The van der Waals surface area contributed by atoms with Crippen LogP contribution in [0.1, 0.15) is 27.6 Å². The molecular formula is C20H25N5O3. The van der Waals surface area contributed by atoms with Crippen LogP contribution < -0.4 is 10.6 Å². The fourth-order valence-corrected chi connectivity index (χ4v) is 2.71. The minimum Gasteiger partial charge on any atom is -0.462 e. The molecule has 148 valence electrons. The van der Waals surface area contributed by atoms with E-state index in [2.05, 4.69) is 20.9 Å². The minimum absolute atomic E-state index is 0.212. The van der Waals surface area contributed by atoms with E-state index in [1.165, 1.54) is 5.56 Å². The molecule has 1 amide bonds. The summed E-state index contributed by atoms with van der Waals surface area (Å²) >= 11 is 0. The van der Waals surface area contributed by atoms with Crippen molar-refractivity contribution in [3.63, 3.8) is 0 Å². The lowest BCUT2D eigenvalue weighted by Gasteiger charge is -2.03. The quantitative estimate of drug-likeness (QED) is 0.490. The number of rotatable bonds is 11. The van der Waals surface area contributed by atoms with Crippen LogP contribution in [0.4, 0.5) is 0 Å². The molecule has 3 aromatic rings. The molecule has 28 heavy (non-hydrogen) atoms. The number of benzene rings is 1. The van der Waals surface area contributed by atoms with E-state index in [9.17, 15) is 4.79 Å². The van der Waals surface area contributed by atoms with E-state index in [1.807, 2.05) is 42.5 Å². The fourth-order valence-electron chi connectivity index (χ4n) is 2.71. The van der Waals surface area contributed by atoms with Gasteiger partial charge in [0.15, 0.2) is 5.69 Å². The molecule has 0 spiro atoms. The second kappa shape index (κ2) is 10.4. The molecule has 0 fully saturated rings. The molecule has 0 aliphatic heterocycles. The lowest BCUT2D eigenvalue weighted by Crippen LogP contribution is -2.26. The van der Waals surface area contributed by atoms with Gasteiger partial charge in [0.1, 0.15) is 18.1 Å². The summed E-state index contributed by atoms with van der Waals surface area (Å²) in [6, 6.07) is 13.9. The van der Waals surface area contributed by atoms with Crippen molar-refractivity contribution < 1.29 is 13.9 Å². The number of nitrogens with one attached hydrogen (secondary N) is 2. The first-order valence-electron chi connectivity index (χ1n) is 9.24. The molecule has 0 aliphatic carbocycles. The van der Waals surface area contributed by atoms with Crippen LogP contribution in [0.15, 0.2) is 53.1 Å². The largest absolute Gasteiger partial charge is 0.462 e. The summed E-state index contributed by atoms with van der Waals surface area (Å²) < 4.78 is 12.3. The Morgan fingerprint density at radius 1 is 1.14 bits per heavy atom. The van der Waals surface area contributed by atoms with Crippen LogP contribution in [0.3, 0.4) is 0 Å². The van der Waals surface area contributed by atoms with Crippen LogP contribution in [0.2, 0.25) is 0 Å². The first-order chi connectivity index (χ1) is 13.7. The highest BCUT2D eigenvalue weighted by atomic mass is 16.5. The Hall–Kier alpha value is -2.97. The molecule has 8 nitrogen and oxygen atoms in total. The maximum Gasteiger partial charge on any atom is 0.273 e. The van der Waals surface area contributed by atoms with Gasteiger partial charge in [0.25, 0.3) is 5.91 Å². The zero-order valence-electron chi connectivity index (χ0n) is 15.9. The summed E-state index contributed by atoms with van der Waals surface area (Å²) in [6.45, 7) is 2.93. The van der Waals surface area contributed by atoms with Gasteiger partial charge in [0, 0.05) is 20.2 Å². The minimum atomic E-state index is -0.212. The molecular weight excluding hydrogens is 358 g/mol. The van der Waals surface area contributed by atoms with Crippen molar-refractivity contribution in [2.45, 2.75) is 26.1 Å². The third kappa shape index (κ3) is 6.04. The SMILES string of the molecule is COCc1ccc(CNCCn2cc(C(=O)NCCc3ccccc3)nn2)o1. The van der Waals surface area contributed by atoms with Crippen LogP contribution in [0.5, 0.6) is 0 Å². The molecule has 0 bridgehead atoms. The molecule has 8 heteroatoms. The normalized spacial score (nSPS) is 10.9. The smallest absolute Gasteiger partial charge is 0.273 e. The van der Waals surface area contributed by atoms with Gasteiger partial charge in [0.05, 0.1) is 19.3 Å². The second-order valence-electron chi connectivity index (χ2n) is 6.34. The van der Waals surface area contributed by atoms with Crippen molar-refractivity contribution in [1.29, 1.82) is 0 Å². The number of methoxy groups -OCH3 is 1. The van der Waals surface area contributed by atoms with Crippen molar-refractivity contribution in [1.82, 2.24) is 25.6 Å². The molecule has 0 saturated heterocycles. The van der Waals surface area contributed by atoms with Crippen molar-refractivity contribution in [3.8, 4) is 0 Å². The Kier molecular flexibility index (Phi) is 7.34. The highest BCUT2D eigenvalue weighted by Gasteiger charge is 2.10. The first-order valence-corrected chi connectivity index (χ1v) is 9.24. The molecule has 2 heterocycles. The number of furan rings is 1. The van der Waals surface area contributed by atoms with Gasteiger partial charge in [-0.05, 0) is 24.1 Å². The topological polar surface area (TPSA) is 94.2 Å². The summed E-state index contributed by atoms with van der Waals surface area (Å²) in [4.78, 5) is 12.2. The highest BCUT2D eigenvalue weighted by molar-refractivity contribution is 5.91. The Labute approximate surface area is 163 Å². The summed E-state index contributed by atoms with van der Waals surface area (Å²) in [5.41, 5.74) is 1.51. The number of carbonyl (C=O) groups is 1. The molecule has 2 N–H and O–H groups in total. The number of hydrogen-bond donors (Lipinski definition) is 2. The average molecular weight is 383 g/mol. The Balaban J connectivity index is 1.35. The van der Waals surface area contributed by atoms with E-state index < -0.39 is 0 Å². The molecule has 0 unspecified atom stereocenters. The van der Waals surface area contributed by atoms with Gasteiger partial charge in [-0.1, -0.05) is 35.5 Å². The van der Waals surface area contributed by atoms with Crippen molar-refractivity contribution in [3.05, 3.63) is 71.4 Å². The van der Waals surface area contributed by atoms with Gasteiger partial charge >= 0.3 is 0 Å². The molecule has 3 rings (SSSR count). The number of hydrogen-bond acceptors (Lipinski definition) is 6. The number of nitrogens with zero attached hydrogens (tertiary/aromatic N) is 3. The summed E-state index contributed by atoms with van der Waals surface area (Å²) in [6.07, 6.45) is 2.44. The average Bonchev–Trinajstić information content (AvgIpc) is 3.36. The predicted octanol–water partition coefficient (Wildman–Crippen LogP) is 1.78. The number of ether oxygens (including phenoxy) is 1. The standard InChI is InChI=1S/C20H25N5O3/c1-27-15-18-8-7-17(28-18)13-21-11-12-25-14-19(23-24-25)20(26)22-10-9-16-5-3-2-4-6-16/h2-8,14,21H,9-13,15H2,1H3,(H,22,26). The van der Waals surface area contributed by atoms with Gasteiger partial charge in [0.2, 0.25) is 0 Å². The Bertz CT molecular complexity index is 860. The Morgan fingerprint density at radius 2 is 1.96 bits per heavy atom. The van der Waals surface area contributed by atoms with Gasteiger partial charge in [-0.3, -0.25) is 9.48 Å². The van der Waals surface area contributed by atoms with Crippen molar-refractivity contribution in [2.24, 2.45) is 0 Å². The summed E-state index contributed by atoms with van der Waals surface area (Å²) in [7, 11) is 1.64. The van der Waals surface area contributed by atoms with E-state index >= 15 is 0 Å². The maximum atomic E-state index is 12.2. The molecule has 0 atom stereocenters. The van der Waals surface area contributed by atoms with Crippen LogP contribution >= 0.6 is 0 Å². The second-order valence-corrected chi connectivity index (χ2v) is 6.34. The maximum absolute atomic E-state index is 12.2. The first kappa shape index (κ1) is 19.8. The third-order valence-electron chi connectivity index (χ3n) is 4.13. The summed E-state index contributed by atoms with van der Waals surface area (Å²) in [5.74, 6) is 1.44. The highest BCUT2D eigenvalue weighted by Crippen LogP contribution is 2.08. The Morgan fingerprint density at radius 3 is 2.79 bits per heavy atom. The molecule has 1 aromatic carbocycles. The monoisotopic (exact) mass is 383 g/mol. The molecule has 0 saturated carbocycles. The van der Waals surface area contributed by atoms with Gasteiger partial charge in [-0.25, -0.2) is 0 Å². The van der Waals surface area contributed by atoms with Crippen LogP contribution in [0.25, 0.3) is 0 Å². The lowest BCUT2D eigenvalue weighted by molar-refractivity contribution is 0.0949.